The Balaban J connectivity index is 1.47. The van der Waals surface area contributed by atoms with Crippen LogP contribution in [-0.4, -0.2) is 12.6 Å². The van der Waals surface area contributed by atoms with Crippen LogP contribution in [0.25, 0.3) is 0 Å². The Morgan fingerprint density at radius 1 is 0.806 bits per heavy atom. The van der Waals surface area contributed by atoms with Crippen molar-refractivity contribution in [2.24, 2.45) is 5.92 Å². The molecular formula is C26H22N2O3. The molecule has 0 spiro atoms. The minimum Gasteiger partial charge on any atom is -0.454 e. The molecule has 0 bridgehead atoms. The Morgan fingerprint density at radius 2 is 1.58 bits per heavy atom. The third kappa shape index (κ3) is 3.13. The van der Waals surface area contributed by atoms with Gasteiger partial charge in [-0.3, -0.25) is 4.79 Å². The lowest BCUT2D eigenvalue weighted by molar-refractivity contribution is -0.122. The van der Waals surface area contributed by atoms with Gasteiger partial charge in [0.15, 0.2) is 11.5 Å². The summed E-state index contributed by atoms with van der Waals surface area (Å²) in [6, 6.07) is 24.0. The number of carbonyl (C=O) groups excluding carboxylic acids is 1. The van der Waals surface area contributed by atoms with Crippen LogP contribution in [-0.2, 0) is 4.79 Å². The number of ether oxygens (including phenoxy) is 2. The zero-order valence-electron chi connectivity index (χ0n) is 16.9. The Morgan fingerprint density at radius 3 is 2.45 bits per heavy atom. The number of anilines is 2. The van der Waals surface area contributed by atoms with Crippen molar-refractivity contribution in [3.8, 4) is 11.5 Å². The van der Waals surface area contributed by atoms with E-state index in [9.17, 15) is 4.79 Å². The van der Waals surface area contributed by atoms with Gasteiger partial charge in [-0.15, -0.1) is 0 Å². The van der Waals surface area contributed by atoms with Crippen molar-refractivity contribution in [3.05, 3.63) is 95.7 Å². The zero-order valence-corrected chi connectivity index (χ0v) is 16.9. The molecule has 0 saturated heterocycles. The van der Waals surface area contributed by atoms with Crippen molar-refractivity contribution < 1.29 is 14.3 Å². The van der Waals surface area contributed by atoms with Gasteiger partial charge in [0, 0.05) is 18.0 Å². The quantitative estimate of drug-likeness (QED) is 0.604. The lowest BCUT2D eigenvalue weighted by atomic mass is 9.76. The Hall–Kier alpha value is -3.73. The minimum atomic E-state index is -0.312. The van der Waals surface area contributed by atoms with Gasteiger partial charge in [-0.05, 0) is 35.4 Å². The van der Waals surface area contributed by atoms with Crippen LogP contribution >= 0.6 is 0 Å². The van der Waals surface area contributed by atoms with Crippen LogP contribution in [0.2, 0.25) is 0 Å². The summed E-state index contributed by atoms with van der Waals surface area (Å²) < 4.78 is 11.1. The molecule has 2 aliphatic heterocycles. The molecule has 0 radical (unpaired) electrons. The van der Waals surface area contributed by atoms with Crippen LogP contribution in [0.15, 0.2) is 84.6 Å². The van der Waals surface area contributed by atoms with Crippen molar-refractivity contribution in [1.82, 2.24) is 0 Å². The summed E-state index contributed by atoms with van der Waals surface area (Å²) in [5.74, 6) is 1.44. The number of Topliss-reactive ketones (excluding diaryl/α,β-unsaturated/α-hetero) is 1. The summed E-state index contributed by atoms with van der Waals surface area (Å²) in [6.45, 7) is 0.230. The number of ketones is 1. The molecule has 3 aromatic carbocycles. The van der Waals surface area contributed by atoms with E-state index in [2.05, 4.69) is 28.8 Å². The maximum Gasteiger partial charge on any atom is 0.231 e. The Kier molecular flexibility index (Phi) is 4.20. The van der Waals surface area contributed by atoms with E-state index in [0.29, 0.717) is 6.42 Å². The first-order valence-corrected chi connectivity index (χ1v) is 10.6. The Labute approximate surface area is 180 Å². The average molecular weight is 410 g/mol. The molecule has 0 saturated carbocycles. The molecule has 5 heteroatoms. The highest BCUT2D eigenvalue weighted by atomic mass is 16.7. The summed E-state index contributed by atoms with van der Waals surface area (Å²) in [7, 11) is 0. The van der Waals surface area contributed by atoms with E-state index in [1.807, 2.05) is 60.7 Å². The molecule has 31 heavy (non-hydrogen) atoms. The molecule has 0 fully saturated rings. The standard InChI is InChI=1S/C26H22N2O3/c29-22-13-18(16-6-2-1-3-7-16)12-21-25(22)26(28-20-9-5-4-8-19(20)27-21)17-10-11-23-24(14-17)31-15-30-23/h1-12,14,18,25-28H,13,15H2. The highest BCUT2D eigenvalue weighted by Crippen LogP contribution is 2.46. The molecular weight excluding hydrogens is 388 g/mol. The van der Waals surface area contributed by atoms with Crippen LogP contribution < -0.4 is 20.1 Å². The van der Waals surface area contributed by atoms with Gasteiger partial charge in [-0.1, -0.05) is 54.6 Å². The number of allylic oxidation sites excluding steroid dienone is 1. The third-order valence-electron chi connectivity index (χ3n) is 6.32. The van der Waals surface area contributed by atoms with E-state index >= 15 is 0 Å². The number of carbonyl (C=O) groups is 1. The van der Waals surface area contributed by atoms with Crippen LogP contribution in [0.1, 0.15) is 29.5 Å². The first kappa shape index (κ1) is 18.1. The smallest absolute Gasteiger partial charge is 0.231 e. The van der Waals surface area contributed by atoms with Crippen molar-refractivity contribution in [1.29, 1.82) is 0 Å². The lowest BCUT2D eigenvalue weighted by Crippen LogP contribution is -2.33. The van der Waals surface area contributed by atoms with E-state index in [0.717, 1.165) is 39.7 Å². The molecule has 3 unspecified atom stereocenters. The first-order chi connectivity index (χ1) is 15.3. The molecule has 3 aliphatic rings. The molecule has 3 atom stereocenters. The van der Waals surface area contributed by atoms with Gasteiger partial charge in [0.1, 0.15) is 5.78 Å². The van der Waals surface area contributed by atoms with Crippen LogP contribution in [0.4, 0.5) is 11.4 Å². The predicted molar refractivity (Wildman–Crippen MR) is 119 cm³/mol. The summed E-state index contributed by atoms with van der Waals surface area (Å²) in [5, 5.41) is 7.20. The number of hydrogen-bond donors (Lipinski definition) is 2. The van der Waals surface area contributed by atoms with E-state index in [4.69, 9.17) is 9.47 Å². The molecule has 154 valence electrons. The van der Waals surface area contributed by atoms with Crippen molar-refractivity contribution >= 4 is 17.2 Å². The highest BCUT2D eigenvalue weighted by Gasteiger charge is 2.40. The van der Waals surface area contributed by atoms with Crippen LogP contribution in [0.3, 0.4) is 0 Å². The zero-order chi connectivity index (χ0) is 20.8. The molecule has 0 aromatic heterocycles. The number of nitrogens with one attached hydrogen (secondary N) is 2. The van der Waals surface area contributed by atoms with Gasteiger partial charge in [0.2, 0.25) is 6.79 Å². The van der Waals surface area contributed by atoms with Crippen LogP contribution in [0.5, 0.6) is 11.5 Å². The summed E-state index contributed by atoms with van der Waals surface area (Å²) in [5.41, 5.74) is 5.07. The summed E-state index contributed by atoms with van der Waals surface area (Å²) in [6.07, 6.45) is 2.71. The van der Waals surface area contributed by atoms with E-state index in [-0.39, 0.29) is 30.5 Å². The van der Waals surface area contributed by atoms with Gasteiger partial charge in [-0.2, -0.15) is 0 Å². The summed E-state index contributed by atoms with van der Waals surface area (Å²) >= 11 is 0. The SMILES string of the molecule is O=C1CC(c2ccccc2)C=C2Nc3ccccc3NC(c3ccc4c(c3)OCO4)C12. The number of fused-ring (bicyclic) bond motifs is 3. The van der Waals surface area contributed by atoms with Gasteiger partial charge < -0.3 is 20.1 Å². The topological polar surface area (TPSA) is 59.6 Å². The fourth-order valence-electron chi connectivity index (χ4n) is 4.80. The van der Waals surface area contributed by atoms with E-state index < -0.39 is 0 Å². The fraction of sp³-hybridized carbons (Fsp3) is 0.192. The van der Waals surface area contributed by atoms with Crippen molar-refractivity contribution in [2.75, 3.05) is 17.4 Å². The maximum absolute atomic E-state index is 13.6. The molecule has 2 heterocycles. The highest BCUT2D eigenvalue weighted by molar-refractivity contribution is 5.90. The number of benzene rings is 3. The normalized spacial score (nSPS) is 23.5. The first-order valence-electron chi connectivity index (χ1n) is 10.6. The second-order valence-electron chi connectivity index (χ2n) is 8.19. The fourth-order valence-corrected chi connectivity index (χ4v) is 4.80. The van der Waals surface area contributed by atoms with E-state index in [1.54, 1.807) is 0 Å². The molecule has 3 aromatic rings. The van der Waals surface area contributed by atoms with Crippen molar-refractivity contribution in [3.63, 3.8) is 0 Å². The van der Waals surface area contributed by atoms with E-state index in [1.165, 1.54) is 0 Å². The second kappa shape index (κ2) is 7.20. The third-order valence-corrected chi connectivity index (χ3v) is 6.32. The number of rotatable bonds is 2. The monoisotopic (exact) mass is 410 g/mol. The number of hydrogen-bond acceptors (Lipinski definition) is 5. The van der Waals surface area contributed by atoms with Crippen molar-refractivity contribution in [2.45, 2.75) is 18.4 Å². The molecule has 1 aliphatic carbocycles. The number of para-hydroxylation sites is 2. The lowest BCUT2D eigenvalue weighted by Gasteiger charge is -2.32. The average Bonchev–Trinajstić information content (AvgIpc) is 3.20. The molecule has 0 amide bonds. The maximum atomic E-state index is 13.6. The largest absolute Gasteiger partial charge is 0.454 e. The molecule has 5 nitrogen and oxygen atoms in total. The van der Waals surface area contributed by atoms with Gasteiger partial charge in [0.05, 0.1) is 23.3 Å². The molecule has 6 rings (SSSR count). The predicted octanol–water partition coefficient (Wildman–Crippen LogP) is 5.25. The summed E-state index contributed by atoms with van der Waals surface area (Å²) in [4.78, 5) is 13.6. The van der Waals surface area contributed by atoms with Gasteiger partial charge >= 0.3 is 0 Å². The van der Waals surface area contributed by atoms with Gasteiger partial charge in [-0.25, -0.2) is 0 Å². The molecule has 2 N–H and O–H groups in total. The second-order valence-corrected chi connectivity index (χ2v) is 8.19. The minimum absolute atomic E-state index is 0.0649. The van der Waals surface area contributed by atoms with Gasteiger partial charge in [0.25, 0.3) is 0 Å². The Bertz CT molecular complexity index is 1190. The van der Waals surface area contributed by atoms with Crippen LogP contribution in [0, 0.1) is 5.92 Å².